The lowest BCUT2D eigenvalue weighted by atomic mass is 9.91. The Morgan fingerprint density at radius 1 is 1.03 bits per heavy atom. The summed E-state index contributed by atoms with van der Waals surface area (Å²) in [6.45, 7) is 2.42. The molecule has 0 bridgehead atoms. The van der Waals surface area contributed by atoms with Gasteiger partial charge in [-0.3, -0.25) is 4.79 Å². The van der Waals surface area contributed by atoms with Crippen molar-refractivity contribution in [3.63, 3.8) is 0 Å². The molecule has 1 amide bonds. The molecule has 142 valence electrons. The fourth-order valence-corrected chi connectivity index (χ4v) is 4.57. The molecule has 0 N–H and O–H groups in total. The van der Waals surface area contributed by atoms with Crippen molar-refractivity contribution < 1.29 is 4.79 Å². The summed E-state index contributed by atoms with van der Waals surface area (Å²) in [5, 5.41) is 0. The molecule has 0 saturated carbocycles. The molecule has 0 aliphatic heterocycles. The molecule has 0 fully saturated rings. The van der Waals surface area contributed by atoms with E-state index in [1.54, 1.807) is 0 Å². The van der Waals surface area contributed by atoms with Gasteiger partial charge in [0.15, 0.2) is 4.80 Å². The van der Waals surface area contributed by atoms with Crippen LogP contribution in [0.4, 0.5) is 0 Å². The number of carbonyl (C=O) groups excluding carboxylic acids is 1. The maximum absolute atomic E-state index is 13.4. The monoisotopic (exact) mass is 396 g/mol. The van der Waals surface area contributed by atoms with E-state index in [1.165, 1.54) is 11.3 Å². The zero-order valence-electron chi connectivity index (χ0n) is 16.1. The molecular weight excluding hydrogens is 376 g/mol. The molecule has 3 aromatic carbocycles. The van der Waals surface area contributed by atoms with E-state index >= 15 is 0 Å². The van der Waals surface area contributed by atoms with Crippen molar-refractivity contribution in [1.29, 1.82) is 0 Å². The molecule has 0 unspecified atom stereocenters. The highest BCUT2D eigenvalue weighted by molar-refractivity contribution is 7.16. The lowest BCUT2D eigenvalue weighted by Gasteiger charge is -2.14. The van der Waals surface area contributed by atoms with E-state index in [1.807, 2.05) is 84.3 Å². The number of hydrogen-bond donors (Lipinski definition) is 0. The van der Waals surface area contributed by atoms with Crippen molar-refractivity contribution in [2.45, 2.75) is 19.4 Å². The summed E-state index contributed by atoms with van der Waals surface area (Å²) in [5.74, 6) is 2.03. The van der Waals surface area contributed by atoms with Gasteiger partial charge in [-0.25, -0.2) is 0 Å². The van der Waals surface area contributed by atoms with E-state index in [4.69, 9.17) is 6.42 Å². The number of hydrogen-bond acceptors (Lipinski definition) is 2. The van der Waals surface area contributed by atoms with Gasteiger partial charge in [-0.05, 0) is 35.7 Å². The maximum Gasteiger partial charge on any atom is 0.260 e. The number of rotatable bonds is 4. The van der Waals surface area contributed by atoms with E-state index in [0.29, 0.717) is 11.3 Å². The zero-order valence-corrected chi connectivity index (χ0v) is 16.9. The molecule has 4 heteroatoms. The molecule has 0 saturated heterocycles. The number of benzene rings is 3. The molecule has 4 rings (SSSR count). The molecule has 0 aliphatic rings. The second kappa shape index (κ2) is 8.30. The first kappa shape index (κ1) is 18.9. The Hall–Kier alpha value is -3.42. The normalized spacial score (nSPS) is 11.7. The van der Waals surface area contributed by atoms with E-state index in [0.717, 1.165) is 26.9 Å². The average molecular weight is 397 g/mol. The van der Waals surface area contributed by atoms with Gasteiger partial charge in [0, 0.05) is 0 Å². The molecule has 1 heterocycles. The third kappa shape index (κ3) is 3.91. The summed E-state index contributed by atoms with van der Waals surface area (Å²) in [5.41, 5.74) is 4.01. The predicted octanol–water partition coefficient (Wildman–Crippen LogP) is 4.90. The minimum absolute atomic E-state index is 0.198. The van der Waals surface area contributed by atoms with Gasteiger partial charge >= 0.3 is 0 Å². The third-order valence-corrected chi connectivity index (χ3v) is 5.85. The molecule has 4 aromatic rings. The van der Waals surface area contributed by atoms with Gasteiger partial charge in [-0.2, -0.15) is 4.99 Å². The minimum atomic E-state index is -0.455. The molecule has 0 atom stereocenters. The number of fused-ring (bicyclic) bond motifs is 1. The second-order valence-corrected chi connectivity index (χ2v) is 7.86. The fraction of sp³-hybridized carbons (Fsp3) is 0.120. The smallest absolute Gasteiger partial charge is 0.260 e. The number of amides is 1. The van der Waals surface area contributed by atoms with Crippen LogP contribution in [0, 0.1) is 19.3 Å². The highest BCUT2D eigenvalue weighted by Gasteiger charge is 2.22. The fourth-order valence-electron chi connectivity index (χ4n) is 3.44. The van der Waals surface area contributed by atoms with Crippen molar-refractivity contribution in [2.75, 3.05) is 0 Å². The lowest BCUT2D eigenvalue weighted by molar-refractivity contribution is -0.118. The van der Waals surface area contributed by atoms with Crippen LogP contribution in [0.15, 0.2) is 83.9 Å². The molecule has 3 nitrogen and oxygen atoms in total. The quantitative estimate of drug-likeness (QED) is 0.452. The Bertz CT molecular complexity index is 1220. The van der Waals surface area contributed by atoms with Crippen molar-refractivity contribution in [3.8, 4) is 12.3 Å². The number of terminal acetylenes is 1. The Morgan fingerprint density at radius 3 is 2.24 bits per heavy atom. The zero-order chi connectivity index (χ0) is 20.2. The van der Waals surface area contributed by atoms with Gasteiger partial charge in [0.2, 0.25) is 0 Å². The van der Waals surface area contributed by atoms with Crippen molar-refractivity contribution in [3.05, 3.63) is 100 Å². The number of carbonyl (C=O) groups is 1. The molecule has 29 heavy (non-hydrogen) atoms. The lowest BCUT2D eigenvalue weighted by Crippen LogP contribution is -2.20. The maximum atomic E-state index is 13.4. The van der Waals surface area contributed by atoms with Crippen LogP contribution in [0.1, 0.15) is 22.6 Å². The van der Waals surface area contributed by atoms with E-state index in [2.05, 4.69) is 17.0 Å². The number of aromatic nitrogens is 1. The van der Waals surface area contributed by atoms with Gasteiger partial charge in [-0.1, -0.05) is 84.0 Å². The molecular formula is C25H20N2OS. The molecule has 0 radical (unpaired) electrons. The predicted molar refractivity (Wildman–Crippen MR) is 119 cm³/mol. The number of aryl methyl sites for hydroxylation is 1. The summed E-state index contributed by atoms with van der Waals surface area (Å²) < 4.78 is 3.01. The van der Waals surface area contributed by atoms with Crippen molar-refractivity contribution in [2.24, 2.45) is 4.99 Å². The summed E-state index contributed by atoms with van der Waals surface area (Å²) in [6.07, 6.45) is 5.59. The third-order valence-electron chi connectivity index (χ3n) is 4.81. The van der Waals surface area contributed by atoms with Crippen LogP contribution >= 0.6 is 11.3 Å². The largest absolute Gasteiger partial charge is 0.305 e. The van der Waals surface area contributed by atoms with Gasteiger partial charge in [0.25, 0.3) is 5.91 Å². The van der Waals surface area contributed by atoms with Crippen LogP contribution < -0.4 is 4.80 Å². The standard InChI is InChI=1S/C25H20N2OS/c1-3-16-27-21-15-14-18(2)17-22(21)29-25(27)26-24(28)23(19-10-6-4-7-11-19)20-12-8-5-9-13-20/h1,4-15,17,23H,16H2,2H3. The Kier molecular flexibility index (Phi) is 5.41. The highest BCUT2D eigenvalue weighted by Crippen LogP contribution is 2.26. The van der Waals surface area contributed by atoms with Crippen LogP contribution in [0.3, 0.4) is 0 Å². The highest BCUT2D eigenvalue weighted by atomic mass is 32.1. The molecule has 0 spiro atoms. The Balaban J connectivity index is 1.87. The van der Waals surface area contributed by atoms with Gasteiger partial charge < -0.3 is 4.57 Å². The average Bonchev–Trinajstić information content (AvgIpc) is 3.06. The second-order valence-electron chi connectivity index (χ2n) is 6.85. The number of thiazole rings is 1. The van der Waals surface area contributed by atoms with Crippen LogP contribution in [0.25, 0.3) is 10.2 Å². The van der Waals surface area contributed by atoms with Crippen LogP contribution in [0.5, 0.6) is 0 Å². The van der Waals surface area contributed by atoms with E-state index in [9.17, 15) is 4.79 Å². The van der Waals surface area contributed by atoms with Gasteiger partial charge in [0.05, 0.1) is 22.7 Å². The summed E-state index contributed by atoms with van der Waals surface area (Å²) >= 11 is 1.49. The number of nitrogens with zero attached hydrogens (tertiary/aromatic N) is 2. The molecule has 1 aromatic heterocycles. The molecule has 0 aliphatic carbocycles. The van der Waals surface area contributed by atoms with Crippen molar-refractivity contribution >= 4 is 27.5 Å². The Labute approximate surface area is 174 Å². The van der Waals surface area contributed by atoms with Crippen LogP contribution in [-0.4, -0.2) is 10.5 Å². The minimum Gasteiger partial charge on any atom is -0.305 e. The van der Waals surface area contributed by atoms with Gasteiger partial charge in [0.1, 0.15) is 0 Å². The SMILES string of the molecule is C#CCn1c(=NC(=O)C(c2ccccc2)c2ccccc2)sc2cc(C)ccc21. The van der Waals surface area contributed by atoms with Gasteiger partial charge in [-0.15, -0.1) is 6.42 Å². The Morgan fingerprint density at radius 2 is 1.66 bits per heavy atom. The van der Waals surface area contributed by atoms with E-state index < -0.39 is 5.92 Å². The summed E-state index contributed by atoms with van der Waals surface area (Å²) in [6, 6.07) is 25.7. The van der Waals surface area contributed by atoms with Crippen LogP contribution in [0.2, 0.25) is 0 Å². The topological polar surface area (TPSA) is 34.4 Å². The van der Waals surface area contributed by atoms with Crippen molar-refractivity contribution in [1.82, 2.24) is 4.57 Å². The van der Waals surface area contributed by atoms with Crippen LogP contribution in [-0.2, 0) is 11.3 Å². The van der Waals surface area contributed by atoms with E-state index in [-0.39, 0.29) is 5.91 Å². The summed E-state index contributed by atoms with van der Waals surface area (Å²) in [4.78, 5) is 18.6. The first-order valence-electron chi connectivity index (χ1n) is 9.39. The first-order chi connectivity index (χ1) is 14.2. The summed E-state index contributed by atoms with van der Waals surface area (Å²) in [7, 11) is 0. The first-order valence-corrected chi connectivity index (χ1v) is 10.2.